The second-order valence-electron chi connectivity index (χ2n) is 3.94. The molecule has 0 spiro atoms. The highest BCUT2D eigenvalue weighted by Gasteiger charge is 2.06. The third-order valence-electron chi connectivity index (χ3n) is 2.66. The Bertz CT molecular complexity index is 552. The molecule has 0 aromatic heterocycles. The Hall–Kier alpha value is -2.33. The van der Waals surface area contributed by atoms with Crippen LogP contribution in [0, 0.1) is 0 Å². The molecule has 0 aliphatic carbocycles. The standard InChI is InChI=1S/C14H15N3O/c15-9-11-6-7-12(8-13(11)16)17-14(18)10-4-2-1-3-5-10/h1-8H,9,15-16H2,(H,17,18). The van der Waals surface area contributed by atoms with Gasteiger partial charge in [0.15, 0.2) is 0 Å². The van der Waals surface area contributed by atoms with E-state index in [1.807, 2.05) is 24.3 Å². The summed E-state index contributed by atoms with van der Waals surface area (Å²) in [6.45, 7) is 0.388. The van der Waals surface area contributed by atoms with Crippen molar-refractivity contribution in [1.82, 2.24) is 0 Å². The summed E-state index contributed by atoms with van der Waals surface area (Å²) in [6.07, 6.45) is 0. The summed E-state index contributed by atoms with van der Waals surface area (Å²) in [7, 11) is 0. The SMILES string of the molecule is NCc1ccc(NC(=O)c2ccccc2)cc1N. The average Bonchev–Trinajstić information content (AvgIpc) is 2.40. The van der Waals surface area contributed by atoms with Crippen LogP contribution in [-0.2, 0) is 6.54 Å². The van der Waals surface area contributed by atoms with E-state index < -0.39 is 0 Å². The molecular formula is C14H15N3O. The van der Waals surface area contributed by atoms with Gasteiger partial charge in [-0.05, 0) is 29.8 Å². The van der Waals surface area contributed by atoms with Gasteiger partial charge in [0.25, 0.3) is 5.91 Å². The van der Waals surface area contributed by atoms with E-state index in [-0.39, 0.29) is 5.91 Å². The van der Waals surface area contributed by atoms with Crippen molar-refractivity contribution in [2.75, 3.05) is 11.1 Å². The fraction of sp³-hybridized carbons (Fsp3) is 0.0714. The maximum absolute atomic E-state index is 11.9. The van der Waals surface area contributed by atoms with Crippen LogP contribution in [0.4, 0.5) is 11.4 Å². The second-order valence-corrected chi connectivity index (χ2v) is 3.94. The summed E-state index contributed by atoms with van der Waals surface area (Å²) in [5.41, 5.74) is 14.1. The zero-order valence-electron chi connectivity index (χ0n) is 9.89. The Labute approximate surface area is 106 Å². The lowest BCUT2D eigenvalue weighted by Crippen LogP contribution is -2.12. The molecule has 0 bridgehead atoms. The van der Waals surface area contributed by atoms with Crippen molar-refractivity contribution in [1.29, 1.82) is 0 Å². The van der Waals surface area contributed by atoms with Crippen molar-refractivity contribution < 1.29 is 4.79 Å². The number of benzene rings is 2. The zero-order chi connectivity index (χ0) is 13.0. The molecule has 0 fully saturated rings. The molecule has 18 heavy (non-hydrogen) atoms. The number of carbonyl (C=O) groups excluding carboxylic acids is 1. The van der Waals surface area contributed by atoms with Crippen LogP contribution in [0.25, 0.3) is 0 Å². The Kier molecular flexibility index (Phi) is 3.60. The average molecular weight is 241 g/mol. The maximum atomic E-state index is 11.9. The molecule has 1 amide bonds. The first-order chi connectivity index (χ1) is 8.70. The number of hydrogen-bond acceptors (Lipinski definition) is 3. The van der Waals surface area contributed by atoms with Crippen molar-refractivity contribution in [3.8, 4) is 0 Å². The largest absolute Gasteiger partial charge is 0.398 e. The smallest absolute Gasteiger partial charge is 0.255 e. The first kappa shape index (κ1) is 12.1. The van der Waals surface area contributed by atoms with E-state index in [1.165, 1.54) is 0 Å². The van der Waals surface area contributed by atoms with Gasteiger partial charge in [0.05, 0.1) is 0 Å². The molecule has 0 aliphatic rings. The zero-order valence-corrected chi connectivity index (χ0v) is 9.89. The van der Waals surface area contributed by atoms with Gasteiger partial charge in [0.2, 0.25) is 0 Å². The van der Waals surface area contributed by atoms with Crippen LogP contribution < -0.4 is 16.8 Å². The van der Waals surface area contributed by atoms with Crippen molar-refractivity contribution in [3.05, 3.63) is 59.7 Å². The highest BCUT2D eigenvalue weighted by molar-refractivity contribution is 6.04. The van der Waals surface area contributed by atoms with Gasteiger partial charge in [-0.2, -0.15) is 0 Å². The molecule has 2 aromatic rings. The number of anilines is 2. The first-order valence-electron chi connectivity index (χ1n) is 5.65. The van der Waals surface area contributed by atoms with E-state index in [0.29, 0.717) is 23.5 Å². The molecule has 0 unspecified atom stereocenters. The minimum atomic E-state index is -0.157. The molecule has 0 radical (unpaired) electrons. The second kappa shape index (κ2) is 5.33. The van der Waals surface area contributed by atoms with E-state index >= 15 is 0 Å². The fourth-order valence-corrected chi connectivity index (χ4v) is 1.65. The van der Waals surface area contributed by atoms with Crippen molar-refractivity contribution in [3.63, 3.8) is 0 Å². The van der Waals surface area contributed by atoms with Crippen LogP contribution >= 0.6 is 0 Å². The highest BCUT2D eigenvalue weighted by atomic mass is 16.1. The van der Waals surface area contributed by atoms with Crippen LogP contribution in [0.3, 0.4) is 0 Å². The van der Waals surface area contributed by atoms with E-state index in [1.54, 1.807) is 24.3 Å². The van der Waals surface area contributed by atoms with Crippen LogP contribution in [-0.4, -0.2) is 5.91 Å². The number of carbonyl (C=O) groups is 1. The van der Waals surface area contributed by atoms with E-state index in [0.717, 1.165) is 5.56 Å². The molecule has 4 heteroatoms. The number of hydrogen-bond donors (Lipinski definition) is 3. The Morgan fingerprint density at radius 3 is 2.44 bits per heavy atom. The number of nitrogens with one attached hydrogen (secondary N) is 1. The summed E-state index contributed by atoms with van der Waals surface area (Å²) in [4.78, 5) is 11.9. The van der Waals surface area contributed by atoms with Crippen molar-refractivity contribution in [2.24, 2.45) is 5.73 Å². The third-order valence-corrected chi connectivity index (χ3v) is 2.66. The molecule has 0 saturated heterocycles. The normalized spacial score (nSPS) is 10.1. The van der Waals surface area contributed by atoms with Crippen LogP contribution in [0.15, 0.2) is 48.5 Å². The molecule has 4 nitrogen and oxygen atoms in total. The molecule has 2 rings (SSSR count). The van der Waals surface area contributed by atoms with Gasteiger partial charge in [0, 0.05) is 23.5 Å². The molecule has 0 heterocycles. The predicted molar refractivity (Wildman–Crippen MR) is 73.1 cm³/mol. The summed E-state index contributed by atoms with van der Waals surface area (Å²) in [5, 5.41) is 2.79. The lowest BCUT2D eigenvalue weighted by molar-refractivity contribution is 0.102. The molecule has 0 atom stereocenters. The number of nitrogen functional groups attached to an aromatic ring is 1. The summed E-state index contributed by atoms with van der Waals surface area (Å²) >= 11 is 0. The molecular weight excluding hydrogens is 226 g/mol. The number of amides is 1. The number of rotatable bonds is 3. The molecule has 0 saturated carbocycles. The van der Waals surface area contributed by atoms with Gasteiger partial charge in [-0.15, -0.1) is 0 Å². The summed E-state index contributed by atoms with van der Waals surface area (Å²) < 4.78 is 0. The molecule has 5 N–H and O–H groups in total. The van der Waals surface area contributed by atoms with E-state index in [2.05, 4.69) is 5.32 Å². The molecule has 0 aliphatic heterocycles. The van der Waals surface area contributed by atoms with Gasteiger partial charge in [0.1, 0.15) is 0 Å². The highest BCUT2D eigenvalue weighted by Crippen LogP contribution is 2.18. The third kappa shape index (κ3) is 2.67. The quantitative estimate of drug-likeness (QED) is 0.719. The monoisotopic (exact) mass is 241 g/mol. The lowest BCUT2D eigenvalue weighted by Gasteiger charge is -2.08. The number of nitrogens with two attached hydrogens (primary N) is 2. The first-order valence-corrected chi connectivity index (χ1v) is 5.65. The molecule has 92 valence electrons. The van der Waals surface area contributed by atoms with Crippen LogP contribution in [0.1, 0.15) is 15.9 Å². The van der Waals surface area contributed by atoms with Crippen molar-refractivity contribution >= 4 is 17.3 Å². The topological polar surface area (TPSA) is 81.1 Å². The van der Waals surface area contributed by atoms with Crippen molar-refractivity contribution in [2.45, 2.75) is 6.54 Å². The lowest BCUT2D eigenvalue weighted by atomic mass is 10.1. The molecule has 2 aromatic carbocycles. The minimum absolute atomic E-state index is 0.157. The Morgan fingerprint density at radius 2 is 1.83 bits per heavy atom. The van der Waals surface area contributed by atoms with Gasteiger partial charge in [-0.3, -0.25) is 4.79 Å². The van der Waals surface area contributed by atoms with Gasteiger partial charge in [-0.25, -0.2) is 0 Å². The Morgan fingerprint density at radius 1 is 1.11 bits per heavy atom. The van der Waals surface area contributed by atoms with E-state index in [4.69, 9.17) is 11.5 Å². The van der Waals surface area contributed by atoms with Gasteiger partial charge >= 0.3 is 0 Å². The summed E-state index contributed by atoms with van der Waals surface area (Å²) in [6, 6.07) is 14.3. The van der Waals surface area contributed by atoms with Crippen LogP contribution in [0.2, 0.25) is 0 Å². The predicted octanol–water partition coefficient (Wildman–Crippen LogP) is 1.98. The fourth-order valence-electron chi connectivity index (χ4n) is 1.65. The van der Waals surface area contributed by atoms with Gasteiger partial charge in [-0.1, -0.05) is 24.3 Å². The van der Waals surface area contributed by atoms with E-state index in [9.17, 15) is 4.79 Å². The minimum Gasteiger partial charge on any atom is -0.398 e. The van der Waals surface area contributed by atoms with Gasteiger partial charge < -0.3 is 16.8 Å². The maximum Gasteiger partial charge on any atom is 0.255 e. The van der Waals surface area contributed by atoms with Crippen LogP contribution in [0.5, 0.6) is 0 Å². The Balaban J connectivity index is 2.15. The summed E-state index contributed by atoms with van der Waals surface area (Å²) in [5.74, 6) is -0.157.